The van der Waals surface area contributed by atoms with Gasteiger partial charge in [-0.15, -0.1) is 10.2 Å². The van der Waals surface area contributed by atoms with E-state index in [2.05, 4.69) is 27.4 Å². The lowest BCUT2D eigenvalue weighted by molar-refractivity contribution is 0.00193. The van der Waals surface area contributed by atoms with Gasteiger partial charge in [0.05, 0.1) is 17.8 Å². The Morgan fingerprint density at radius 2 is 1.94 bits per heavy atom. The van der Waals surface area contributed by atoms with Gasteiger partial charge in [-0.3, -0.25) is 9.36 Å². The lowest BCUT2D eigenvalue weighted by atomic mass is 9.68. The molecule has 8 nitrogen and oxygen atoms in total. The van der Waals surface area contributed by atoms with Crippen LogP contribution in [0, 0.1) is 5.95 Å². The normalized spacial score (nSPS) is 27.6. The van der Waals surface area contributed by atoms with Gasteiger partial charge in [0.25, 0.3) is 5.56 Å². The Bertz CT molecular complexity index is 1360. The van der Waals surface area contributed by atoms with E-state index < -0.39 is 23.2 Å². The second-order valence-electron chi connectivity index (χ2n) is 10.6. The number of piperidine rings is 2. The number of phenols is 1. The van der Waals surface area contributed by atoms with Crippen molar-refractivity contribution in [3.63, 3.8) is 0 Å². The molecule has 3 aromatic rings. The smallest absolute Gasteiger partial charge is 0.253 e. The van der Waals surface area contributed by atoms with Crippen molar-refractivity contribution in [2.45, 2.75) is 62.8 Å². The van der Waals surface area contributed by atoms with Gasteiger partial charge in [0.15, 0.2) is 17.6 Å². The number of nitrogens with one attached hydrogen (secondary N) is 1. The molecule has 0 amide bonds. The van der Waals surface area contributed by atoms with E-state index in [4.69, 9.17) is 0 Å². The molecule has 0 radical (unpaired) electrons. The highest BCUT2D eigenvalue weighted by molar-refractivity contribution is 5.72. The van der Waals surface area contributed by atoms with Gasteiger partial charge in [0, 0.05) is 31.2 Å². The minimum Gasteiger partial charge on any atom is -0.507 e. The summed E-state index contributed by atoms with van der Waals surface area (Å²) >= 11 is 0. The topological polar surface area (TPSA) is 96.2 Å². The number of phenolic OH excluding ortho intramolecular Hbond substituents is 1. The molecule has 2 saturated heterocycles. The Morgan fingerprint density at radius 1 is 1.17 bits per heavy atom. The molecular formula is C26H30F2N6O2. The third-order valence-corrected chi connectivity index (χ3v) is 7.80. The lowest BCUT2D eigenvalue weighted by Crippen LogP contribution is -2.72. The molecule has 0 spiro atoms. The standard InChI is InChI=1S/C26H30F2N6O2/c1-25-8-5-9-26(2,32-25)23(28)18(13-25)33(3)21-14-29-24(31-30-21)17-7-6-15(10-19(17)35)16-11-20(27)34(4)22(36)12-16/h6-7,10-12,14,18,23,32,35H,5,8-9,13H2,1-4H3/t18-,23-,25-,26+/m0/s1. The molecule has 2 N–H and O–H groups in total. The molecule has 2 aliphatic heterocycles. The number of halogens is 2. The van der Waals surface area contributed by atoms with Crippen LogP contribution in [0.5, 0.6) is 5.75 Å². The Morgan fingerprint density at radius 3 is 2.61 bits per heavy atom. The summed E-state index contributed by atoms with van der Waals surface area (Å²) < 4.78 is 30.5. The van der Waals surface area contributed by atoms with E-state index in [1.807, 2.05) is 18.9 Å². The Kier molecular flexibility index (Phi) is 5.82. The van der Waals surface area contributed by atoms with Crippen LogP contribution in [0.15, 0.2) is 41.3 Å². The fraction of sp³-hybridized carbons (Fsp3) is 0.462. The highest BCUT2D eigenvalue weighted by Gasteiger charge is 2.53. The zero-order valence-electron chi connectivity index (χ0n) is 20.8. The van der Waals surface area contributed by atoms with Crippen LogP contribution < -0.4 is 15.8 Å². The number of nitrogens with zero attached hydrogens (tertiary/aromatic N) is 5. The van der Waals surface area contributed by atoms with Crippen molar-refractivity contribution in [1.29, 1.82) is 0 Å². The Labute approximate surface area is 208 Å². The first kappa shape index (κ1) is 24.3. The van der Waals surface area contributed by atoms with E-state index in [1.54, 1.807) is 12.1 Å². The molecule has 0 aliphatic carbocycles. The number of hydrogen-bond acceptors (Lipinski definition) is 7. The molecule has 2 bridgehead atoms. The monoisotopic (exact) mass is 496 g/mol. The van der Waals surface area contributed by atoms with Gasteiger partial charge in [0.1, 0.15) is 11.9 Å². The predicted octanol–water partition coefficient (Wildman–Crippen LogP) is 3.59. The number of hydrogen-bond donors (Lipinski definition) is 2. The zero-order chi connectivity index (χ0) is 25.8. The summed E-state index contributed by atoms with van der Waals surface area (Å²) in [5, 5.41) is 22.6. The van der Waals surface area contributed by atoms with E-state index in [0.29, 0.717) is 28.9 Å². The minimum absolute atomic E-state index is 0.130. The summed E-state index contributed by atoms with van der Waals surface area (Å²) in [7, 11) is 3.16. The number of pyridine rings is 1. The summed E-state index contributed by atoms with van der Waals surface area (Å²) in [5.41, 5.74) is -0.0340. The zero-order valence-corrected chi connectivity index (χ0v) is 20.8. The maximum atomic E-state index is 15.6. The number of fused-ring (bicyclic) bond motifs is 2. The average molecular weight is 497 g/mol. The first-order chi connectivity index (χ1) is 17.0. The lowest BCUT2D eigenvalue weighted by Gasteiger charge is -2.56. The predicted molar refractivity (Wildman–Crippen MR) is 133 cm³/mol. The fourth-order valence-corrected chi connectivity index (χ4v) is 5.74. The van der Waals surface area contributed by atoms with E-state index in [9.17, 15) is 14.3 Å². The van der Waals surface area contributed by atoms with Crippen molar-refractivity contribution in [1.82, 2.24) is 25.1 Å². The minimum atomic E-state index is -1.08. The average Bonchev–Trinajstić information content (AvgIpc) is 2.84. The molecule has 36 heavy (non-hydrogen) atoms. The van der Waals surface area contributed by atoms with Crippen LogP contribution in [0.25, 0.3) is 22.5 Å². The van der Waals surface area contributed by atoms with E-state index >= 15 is 4.39 Å². The highest BCUT2D eigenvalue weighted by atomic mass is 19.1. The Balaban J connectivity index is 1.38. The first-order valence-corrected chi connectivity index (χ1v) is 12.1. The summed E-state index contributed by atoms with van der Waals surface area (Å²) in [6, 6.07) is 6.83. The second kappa shape index (κ2) is 8.62. The third kappa shape index (κ3) is 4.13. The van der Waals surface area contributed by atoms with Gasteiger partial charge >= 0.3 is 0 Å². The Hall–Kier alpha value is -3.40. The van der Waals surface area contributed by atoms with Crippen molar-refractivity contribution < 1.29 is 13.9 Å². The number of aromatic nitrogens is 4. The maximum absolute atomic E-state index is 15.6. The highest BCUT2D eigenvalue weighted by Crippen LogP contribution is 2.43. The molecule has 0 saturated carbocycles. The van der Waals surface area contributed by atoms with Gasteiger partial charge in [-0.2, -0.15) is 4.39 Å². The number of rotatable bonds is 4. The molecule has 2 aliphatic rings. The second-order valence-corrected chi connectivity index (χ2v) is 10.6. The van der Waals surface area contributed by atoms with Crippen LogP contribution in [0.2, 0.25) is 0 Å². The van der Waals surface area contributed by atoms with Gasteiger partial charge in [-0.05, 0) is 68.9 Å². The number of benzene rings is 1. The van der Waals surface area contributed by atoms with Gasteiger partial charge in [-0.25, -0.2) is 9.37 Å². The molecule has 2 aromatic heterocycles. The molecule has 5 rings (SSSR count). The van der Waals surface area contributed by atoms with Gasteiger partial charge in [0.2, 0.25) is 0 Å². The number of aromatic hydroxyl groups is 1. The maximum Gasteiger partial charge on any atom is 0.253 e. The molecule has 4 atom stereocenters. The molecular weight excluding hydrogens is 466 g/mol. The van der Waals surface area contributed by atoms with E-state index in [1.165, 1.54) is 31.4 Å². The van der Waals surface area contributed by atoms with Gasteiger partial charge < -0.3 is 15.3 Å². The third-order valence-electron chi connectivity index (χ3n) is 7.80. The van der Waals surface area contributed by atoms with Crippen LogP contribution in [-0.2, 0) is 7.05 Å². The van der Waals surface area contributed by atoms with Crippen LogP contribution in [0.3, 0.4) is 0 Å². The number of alkyl halides is 1. The van der Waals surface area contributed by atoms with Crippen LogP contribution in [0.4, 0.5) is 14.6 Å². The van der Waals surface area contributed by atoms with Crippen molar-refractivity contribution in [2.24, 2.45) is 7.05 Å². The largest absolute Gasteiger partial charge is 0.507 e. The molecule has 4 heterocycles. The van der Waals surface area contributed by atoms with Crippen molar-refractivity contribution in [2.75, 3.05) is 11.9 Å². The molecule has 10 heteroatoms. The van der Waals surface area contributed by atoms with E-state index in [-0.39, 0.29) is 23.2 Å². The molecule has 2 fully saturated rings. The molecule has 190 valence electrons. The van der Waals surface area contributed by atoms with E-state index in [0.717, 1.165) is 23.8 Å². The van der Waals surface area contributed by atoms with Crippen molar-refractivity contribution in [3.05, 3.63) is 52.8 Å². The summed E-state index contributed by atoms with van der Waals surface area (Å²) in [6.07, 6.45) is 3.90. The quantitative estimate of drug-likeness (QED) is 0.533. The summed E-state index contributed by atoms with van der Waals surface area (Å²) in [5.74, 6) is -0.161. The molecule has 1 aromatic carbocycles. The van der Waals surface area contributed by atoms with Gasteiger partial charge in [-0.1, -0.05) is 6.07 Å². The fourth-order valence-electron chi connectivity index (χ4n) is 5.74. The SMILES string of the molecule is CN(c1cnc(-c2ccc(-c3cc(F)n(C)c(=O)c3)cc2O)nn1)[C@H]1C[C@]2(C)CCC[C@@](C)(N2)[C@H]1F. The van der Waals surface area contributed by atoms with Crippen LogP contribution in [-0.4, -0.2) is 55.2 Å². The van der Waals surface area contributed by atoms with Crippen molar-refractivity contribution >= 4 is 5.82 Å². The first-order valence-electron chi connectivity index (χ1n) is 12.1. The molecule has 0 unspecified atom stereocenters. The number of anilines is 1. The van der Waals surface area contributed by atoms with Crippen LogP contribution in [0.1, 0.15) is 39.5 Å². The van der Waals surface area contributed by atoms with Crippen LogP contribution >= 0.6 is 0 Å². The summed E-state index contributed by atoms with van der Waals surface area (Å²) in [4.78, 5) is 18.1. The van der Waals surface area contributed by atoms with Crippen molar-refractivity contribution in [3.8, 4) is 28.3 Å². The summed E-state index contributed by atoms with van der Waals surface area (Å²) in [6.45, 7) is 4.11.